The summed E-state index contributed by atoms with van der Waals surface area (Å²) in [6.07, 6.45) is 0.583. The van der Waals surface area contributed by atoms with Crippen LogP contribution in [-0.4, -0.2) is 28.5 Å². The topological polar surface area (TPSA) is 108 Å². The number of nitrogens with one attached hydrogen (secondary N) is 1. The standard InChI is InChI=1S/C12H17IN2O6S/c1-7(16)20-6-22-9(13)5-8(15(18)19)10(22)14-11(17)21-12(2,3)4/h5,22H,6H2,1-4H3,(H,14,17). The van der Waals surface area contributed by atoms with E-state index in [-0.39, 0.29) is 16.7 Å². The highest BCUT2D eigenvalue weighted by Gasteiger charge is 2.34. The normalized spacial score (nSPS) is 19.5. The van der Waals surface area contributed by atoms with Crippen molar-refractivity contribution < 1.29 is 24.0 Å². The van der Waals surface area contributed by atoms with Crippen molar-refractivity contribution in [3.8, 4) is 0 Å². The first-order valence-electron chi connectivity index (χ1n) is 6.18. The summed E-state index contributed by atoms with van der Waals surface area (Å²) in [5.41, 5.74) is -0.939. The fourth-order valence-electron chi connectivity index (χ4n) is 1.46. The highest BCUT2D eigenvalue weighted by Crippen LogP contribution is 2.52. The molecule has 1 aliphatic heterocycles. The van der Waals surface area contributed by atoms with Gasteiger partial charge in [-0.1, -0.05) is 0 Å². The van der Waals surface area contributed by atoms with Crippen LogP contribution in [0.15, 0.2) is 19.7 Å². The van der Waals surface area contributed by atoms with Gasteiger partial charge in [0.25, 0.3) is 5.70 Å². The summed E-state index contributed by atoms with van der Waals surface area (Å²) in [6.45, 7) is 6.32. The molecule has 1 rings (SSSR count). The van der Waals surface area contributed by atoms with Crippen molar-refractivity contribution in [2.75, 3.05) is 5.94 Å². The van der Waals surface area contributed by atoms with Gasteiger partial charge in [0.2, 0.25) is 0 Å². The van der Waals surface area contributed by atoms with Crippen molar-refractivity contribution in [2.45, 2.75) is 33.3 Å². The maximum atomic E-state index is 11.9. The number of alkyl carbamates (subject to hydrolysis) is 1. The molecule has 0 spiro atoms. The number of rotatable bonds is 4. The van der Waals surface area contributed by atoms with Crippen LogP contribution in [0, 0.1) is 10.1 Å². The van der Waals surface area contributed by atoms with Gasteiger partial charge in [0.1, 0.15) is 16.6 Å². The van der Waals surface area contributed by atoms with Crippen LogP contribution in [0.2, 0.25) is 0 Å². The van der Waals surface area contributed by atoms with E-state index in [1.165, 1.54) is 13.0 Å². The van der Waals surface area contributed by atoms with Crippen LogP contribution in [0.1, 0.15) is 27.7 Å². The molecule has 22 heavy (non-hydrogen) atoms. The number of carbonyl (C=O) groups excluding carboxylic acids is 2. The van der Waals surface area contributed by atoms with Crippen molar-refractivity contribution in [3.05, 3.63) is 29.8 Å². The Morgan fingerprint density at radius 1 is 1.45 bits per heavy atom. The lowest BCUT2D eigenvalue weighted by Crippen LogP contribution is -2.32. The molecule has 10 heteroatoms. The molecule has 8 nitrogen and oxygen atoms in total. The summed E-state index contributed by atoms with van der Waals surface area (Å²) in [5, 5.41) is 13.7. The molecule has 1 amide bonds. The Morgan fingerprint density at radius 2 is 2.05 bits per heavy atom. The molecule has 1 atom stereocenters. The molecular weight excluding hydrogens is 427 g/mol. The third-order valence-corrected chi connectivity index (χ3v) is 6.21. The maximum Gasteiger partial charge on any atom is 0.412 e. The number of allylic oxidation sites excluding steroid dienone is 1. The average Bonchev–Trinajstić information content (AvgIpc) is 2.61. The second-order valence-electron chi connectivity index (χ2n) is 5.28. The van der Waals surface area contributed by atoms with E-state index in [2.05, 4.69) is 5.32 Å². The highest BCUT2D eigenvalue weighted by molar-refractivity contribution is 14.1. The average molecular weight is 444 g/mol. The number of hydrogen-bond donors (Lipinski definition) is 2. The van der Waals surface area contributed by atoms with Crippen LogP contribution >= 0.6 is 33.5 Å². The number of ether oxygens (including phenoxy) is 2. The molecule has 1 N–H and O–H groups in total. The molecule has 0 saturated heterocycles. The Morgan fingerprint density at radius 3 is 2.50 bits per heavy atom. The number of nitro groups is 1. The highest BCUT2D eigenvalue weighted by atomic mass is 127. The van der Waals surface area contributed by atoms with Crippen molar-refractivity contribution in [2.24, 2.45) is 0 Å². The molecule has 0 radical (unpaired) electrons. The summed E-state index contributed by atoms with van der Waals surface area (Å²) >= 11 is 1.94. The first-order valence-corrected chi connectivity index (χ1v) is 8.78. The van der Waals surface area contributed by atoms with E-state index in [0.29, 0.717) is 2.91 Å². The number of carbonyl (C=O) groups is 2. The van der Waals surface area contributed by atoms with Gasteiger partial charge >= 0.3 is 12.1 Å². The quantitative estimate of drug-likeness (QED) is 0.227. The number of nitrogens with zero attached hydrogens (tertiary/aromatic N) is 1. The van der Waals surface area contributed by atoms with E-state index in [0.717, 1.165) is 0 Å². The van der Waals surface area contributed by atoms with E-state index < -0.39 is 33.5 Å². The predicted molar refractivity (Wildman–Crippen MR) is 91.1 cm³/mol. The van der Waals surface area contributed by atoms with Crippen molar-refractivity contribution >= 4 is 45.5 Å². The van der Waals surface area contributed by atoms with E-state index in [1.807, 2.05) is 22.6 Å². The fourth-order valence-corrected chi connectivity index (χ4v) is 4.60. The number of hydrogen-bond acceptors (Lipinski definition) is 6. The van der Waals surface area contributed by atoms with Gasteiger partial charge in [-0.25, -0.2) is 4.79 Å². The maximum absolute atomic E-state index is 11.9. The first kappa shape index (κ1) is 18.7. The largest absolute Gasteiger partial charge is 0.456 e. The second-order valence-corrected chi connectivity index (χ2v) is 9.34. The summed E-state index contributed by atoms with van der Waals surface area (Å²) in [5.74, 6) is -0.514. The molecule has 1 aliphatic rings. The zero-order valence-corrected chi connectivity index (χ0v) is 15.6. The minimum absolute atomic E-state index is 0.0259. The fraction of sp³-hybridized carbons (Fsp3) is 0.500. The lowest BCUT2D eigenvalue weighted by molar-refractivity contribution is -0.419. The van der Waals surface area contributed by atoms with Crippen LogP contribution in [-0.2, 0) is 14.3 Å². The first-order chi connectivity index (χ1) is 10.0. The van der Waals surface area contributed by atoms with E-state index in [4.69, 9.17) is 9.47 Å². The second kappa shape index (κ2) is 7.31. The SMILES string of the molecule is CC(=O)OC[SH]1C(I)=CC([N+](=O)[O-])=C1NC(=O)OC(C)(C)C. The predicted octanol–water partition coefficient (Wildman–Crippen LogP) is 2.77. The molecular formula is C12H17IN2O6S. The van der Waals surface area contributed by atoms with Crippen LogP contribution in [0.25, 0.3) is 0 Å². The summed E-state index contributed by atoms with van der Waals surface area (Å²) in [7, 11) is -1.32. The van der Waals surface area contributed by atoms with Gasteiger partial charge in [-0.15, -0.1) is 10.9 Å². The van der Waals surface area contributed by atoms with Gasteiger partial charge in [0.15, 0.2) is 0 Å². The molecule has 1 unspecified atom stereocenters. The van der Waals surface area contributed by atoms with Gasteiger partial charge in [-0.2, -0.15) is 0 Å². The van der Waals surface area contributed by atoms with Crippen molar-refractivity contribution in [1.82, 2.24) is 5.32 Å². The number of esters is 1. The van der Waals surface area contributed by atoms with E-state index >= 15 is 0 Å². The third kappa shape index (κ3) is 5.48. The Balaban J connectivity index is 2.97. The minimum Gasteiger partial charge on any atom is -0.456 e. The lowest BCUT2D eigenvalue weighted by atomic mass is 10.2. The third-order valence-electron chi connectivity index (χ3n) is 2.24. The Labute approximate surface area is 143 Å². The van der Waals surface area contributed by atoms with Crippen LogP contribution < -0.4 is 5.32 Å². The van der Waals surface area contributed by atoms with Crippen LogP contribution in [0.5, 0.6) is 0 Å². The van der Waals surface area contributed by atoms with Crippen LogP contribution in [0.4, 0.5) is 4.79 Å². The smallest absolute Gasteiger partial charge is 0.412 e. The van der Waals surface area contributed by atoms with Gasteiger partial charge in [-0.05, 0) is 43.4 Å². The Bertz CT molecular complexity index is 566. The Hall–Kier alpha value is -1.30. The molecule has 0 bridgehead atoms. The zero-order valence-electron chi connectivity index (χ0n) is 12.5. The molecule has 0 aromatic rings. The van der Waals surface area contributed by atoms with E-state index in [1.54, 1.807) is 20.8 Å². The summed E-state index contributed by atoms with van der Waals surface area (Å²) in [6, 6.07) is 0. The number of thiol groups is 1. The molecule has 124 valence electrons. The number of amides is 1. The molecule has 0 aromatic carbocycles. The lowest BCUT2D eigenvalue weighted by Gasteiger charge is -2.23. The van der Waals surface area contributed by atoms with Crippen molar-refractivity contribution in [1.29, 1.82) is 0 Å². The Kier molecular flexibility index (Phi) is 6.23. The zero-order chi connectivity index (χ0) is 17.1. The molecule has 0 aliphatic carbocycles. The van der Waals surface area contributed by atoms with Gasteiger partial charge in [-0.3, -0.25) is 20.2 Å². The minimum atomic E-state index is -1.32. The van der Waals surface area contributed by atoms with Crippen LogP contribution in [0.3, 0.4) is 0 Å². The van der Waals surface area contributed by atoms with E-state index in [9.17, 15) is 19.7 Å². The summed E-state index contributed by atoms with van der Waals surface area (Å²) < 4.78 is 10.7. The van der Waals surface area contributed by atoms with Gasteiger partial charge < -0.3 is 9.47 Å². The van der Waals surface area contributed by atoms with Gasteiger partial charge in [0, 0.05) is 15.9 Å². The monoisotopic (exact) mass is 444 g/mol. The molecule has 1 heterocycles. The molecule has 0 fully saturated rings. The molecule has 0 saturated carbocycles. The van der Waals surface area contributed by atoms with Gasteiger partial charge in [0.05, 0.1) is 4.92 Å². The molecule has 0 aromatic heterocycles. The summed E-state index contributed by atoms with van der Waals surface area (Å²) in [4.78, 5) is 33.3. The van der Waals surface area contributed by atoms with Crippen molar-refractivity contribution in [3.63, 3.8) is 0 Å². The number of halogens is 1.